The van der Waals surface area contributed by atoms with E-state index in [0.29, 0.717) is 5.33 Å². The van der Waals surface area contributed by atoms with Gasteiger partial charge in [0.25, 0.3) is 5.56 Å². The van der Waals surface area contributed by atoms with Crippen LogP contribution in [0.3, 0.4) is 0 Å². The maximum atomic E-state index is 12.3. The van der Waals surface area contributed by atoms with Gasteiger partial charge in [-0.15, -0.1) is 0 Å². The molecule has 0 radical (unpaired) electrons. The molecule has 0 saturated carbocycles. The molecule has 0 atom stereocenters. The quantitative estimate of drug-likeness (QED) is 0.573. The molecule has 1 aromatic heterocycles. The van der Waals surface area contributed by atoms with E-state index in [1.807, 2.05) is 4.98 Å². The molecule has 0 aliphatic carbocycles. The third-order valence-corrected chi connectivity index (χ3v) is 1.79. The average Bonchev–Trinajstić information content (AvgIpc) is 2.15. The van der Waals surface area contributed by atoms with E-state index in [9.17, 15) is 18.0 Å². The molecule has 0 bridgehead atoms. The minimum absolute atomic E-state index is 0.126. The van der Waals surface area contributed by atoms with Gasteiger partial charge in [0, 0.05) is 11.8 Å². The summed E-state index contributed by atoms with van der Waals surface area (Å²) < 4.78 is 36.8. The fourth-order valence-corrected chi connectivity index (χ4v) is 1.04. The summed E-state index contributed by atoms with van der Waals surface area (Å²) >= 11 is 3.01. The molecule has 0 saturated heterocycles. The van der Waals surface area contributed by atoms with Gasteiger partial charge in [-0.2, -0.15) is 13.2 Å². The molecule has 15 heavy (non-hydrogen) atoms. The van der Waals surface area contributed by atoms with Crippen LogP contribution >= 0.6 is 15.9 Å². The van der Waals surface area contributed by atoms with Crippen molar-refractivity contribution in [3.63, 3.8) is 0 Å². The smallest absolute Gasteiger partial charge is 0.327 e. The van der Waals surface area contributed by atoms with E-state index in [0.717, 1.165) is 12.3 Å². The van der Waals surface area contributed by atoms with Crippen LogP contribution in [0.4, 0.5) is 13.2 Å². The highest BCUT2D eigenvalue weighted by Crippen LogP contribution is 2.26. The summed E-state index contributed by atoms with van der Waals surface area (Å²) in [6, 6.07) is 0.731. The van der Waals surface area contributed by atoms with E-state index < -0.39 is 17.3 Å². The molecule has 1 aromatic rings. The molecule has 0 fully saturated rings. The standard InChI is InChI=1S/C9H5BrF3NO/c10-3-1-2-6-4-7(9(11,12)13)8(15)14-5-6/h4-5H,3H2,(H,14,15). The fraction of sp³-hybridized carbons (Fsp3) is 0.222. The molecule has 0 aliphatic heterocycles. The molecule has 1 N–H and O–H groups in total. The monoisotopic (exact) mass is 279 g/mol. The van der Waals surface area contributed by atoms with Crippen molar-refractivity contribution in [2.24, 2.45) is 0 Å². The minimum Gasteiger partial charge on any atom is -0.327 e. The maximum absolute atomic E-state index is 12.3. The van der Waals surface area contributed by atoms with Gasteiger partial charge in [0.1, 0.15) is 5.56 Å². The van der Waals surface area contributed by atoms with Crippen molar-refractivity contribution >= 4 is 15.9 Å². The molecular formula is C9H5BrF3NO. The van der Waals surface area contributed by atoms with Gasteiger partial charge in [0.15, 0.2) is 0 Å². The van der Waals surface area contributed by atoms with Gasteiger partial charge in [0.05, 0.1) is 5.33 Å². The van der Waals surface area contributed by atoms with Gasteiger partial charge >= 0.3 is 6.18 Å². The van der Waals surface area contributed by atoms with E-state index >= 15 is 0 Å². The summed E-state index contributed by atoms with van der Waals surface area (Å²) in [6.45, 7) is 0. The van der Waals surface area contributed by atoms with E-state index in [2.05, 4.69) is 27.8 Å². The molecule has 1 rings (SSSR count). The summed E-state index contributed by atoms with van der Waals surface area (Å²) in [5.41, 5.74) is -2.27. The van der Waals surface area contributed by atoms with Gasteiger partial charge in [-0.25, -0.2) is 0 Å². The van der Waals surface area contributed by atoms with Crippen molar-refractivity contribution in [2.45, 2.75) is 6.18 Å². The van der Waals surface area contributed by atoms with Crippen LogP contribution in [0.1, 0.15) is 11.1 Å². The summed E-state index contributed by atoms with van der Waals surface area (Å²) in [6.07, 6.45) is -3.51. The van der Waals surface area contributed by atoms with Gasteiger partial charge in [0.2, 0.25) is 0 Å². The molecule has 6 heteroatoms. The zero-order chi connectivity index (χ0) is 11.5. The zero-order valence-electron chi connectivity index (χ0n) is 7.28. The largest absolute Gasteiger partial charge is 0.421 e. The Morgan fingerprint density at radius 2 is 2.13 bits per heavy atom. The summed E-state index contributed by atoms with van der Waals surface area (Å²) in [5.74, 6) is 5.01. The second-order valence-electron chi connectivity index (χ2n) is 2.56. The molecule has 0 aromatic carbocycles. The number of nitrogens with one attached hydrogen (secondary N) is 1. The third kappa shape index (κ3) is 3.13. The highest BCUT2D eigenvalue weighted by atomic mass is 79.9. The second kappa shape index (κ2) is 4.53. The van der Waals surface area contributed by atoms with Crippen molar-refractivity contribution in [1.82, 2.24) is 4.98 Å². The lowest BCUT2D eigenvalue weighted by molar-refractivity contribution is -0.138. The number of aromatic amines is 1. The summed E-state index contributed by atoms with van der Waals surface area (Å²) in [4.78, 5) is 12.8. The first-order valence-corrected chi connectivity index (χ1v) is 4.92. The number of hydrogen-bond donors (Lipinski definition) is 1. The first kappa shape index (κ1) is 11.9. The molecule has 0 aliphatic rings. The van der Waals surface area contributed by atoms with Crippen LogP contribution in [0.15, 0.2) is 17.1 Å². The topological polar surface area (TPSA) is 32.9 Å². The van der Waals surface area contributed by atoms with Crippen LogP contribution in [0, 0.1) is 11.8 Å². The normalized spacial score (nSPS) is 10.7. The highest BCUT2D eigenvalue weighted by molar-refractivity contribution is 9.09. The number of alkyl halides is 4. The lowest BCUT2D eigenvalue weighted by Crippen LogP contribution is -2.21. The van der Waals surface area contributed by atoms with E-state index in [4.69, 9.17) is 0 Å². The lowest BCUT2D eigenvalue weighted by Gasteiger charge is -2.04. The predicted octanol–water partition coefficient (Wildman–Crippen LogP) is 2.14. The first-order valence-electron chi connectivity index (χ1n) is 3.80. The molecule has 0 unspecified atom stereocenters. The average molecular weight is 280 g/mol. The van der Waals surface area contributed by atoms with Crippen LogP contribution in [-0.2, 0) is 6.18 Å². The highest BCUT2D eigenvalue weighted by Gasteiger charge is 2.33. The molecule has 0 spiro atoms. The van der Waals surface area contributed by atoms with Crippen LogP contribution in [0.2, 0.25) is 0 Å². The van der Waals surface area contributed by atoms with Crippen molar-refractivity contribution in [3.8, 4) is 11.8 Å². The molecule has 1 heterocycles. The zero-order valence-corrected chi connectivity index (χ0v) is 8.87. The van der Waals surface area contributed by atoms with Crippen LogP contribution in [0.25, 0.3) is 0 Å². The van der Waals surface area contributed by atoms with Crippen LogP contribution < -0.4 is 5.56 Å². The van der Waals surface area contributed by atoms with Gasteiger partial charge < -0.3 is 4.98 Å². The van der Waals surface area contributed by atoms with E-state index in [-0.39, 0.29) is 5.56 Å². The van der Waals surface area contributed by atoms with Gasteiger partial charge in [-0.05, 0) is 6.07 Å². The number of pyridine rings is 1. The Hall–Kier alpha value is -1.22. The molecule has 0 amide bonds. The second-order valence-corrected chi connectivity index (χ2v) is 3.13. The molecule has 80 valence electrons. The Bertz CT molecular complexity index is 467. The number of aromatic nitrogens is 1. The minimum atomic E-state index is -4.65. The van der Waals surface area contributed by atoms with E-state index in [1.54, 1.807) is 0 Å². The van der Waals surface area contributed by atoms with Crippen molar-refractivity contribution in [1.29, 1.82) is 0 Å². The Morgan fingerprint density at radius 3 is 2.67 bits per heavy atom. The predicted molar refractivity (Wildman–Crippen MR) is 52.7 cm³/mol. The van der Waals surface area contributed by atoms with Crippen LogP contribution in [-0.4, -0.2) is 10.3 Å². The Kier molecular flexibility index (Phi) is 3.58. The Morgan fingerprint density at radius 1 is 1.47 bits per heavy atom. The van der Waals surface area contributed by atoms with Crippen molar-refractivity contribution in [3.05, 3.63) is 33.7 Å². The molecular weight excluding hydrogens is 275 g/mol. The number of halogens is 4. The first-order chi connectivity index (χ1) is 6.95. The fourth-order valence-electron chi connectivity index (χ4n) is 0.902. The van der Waals surface area contributed by atoms with Gasteiger partial charge in [-0.1, -0.05) is 27.8 Å². The lowest BCUT2D eigenvalue weighted by atomic mass is 10.2. The van der Waals surface area contributed by atoms with Crippen molar-refractivity contribution < 1.29 is 13.2 Å². The summed E-state index contributed by atoms with van der Waals surface area (Å²) in [5, 5.41) is 0.355. The molecule has 2 nitrogen and oxygen atoms in total. The van der Waals surface area contributed by atoms with E-state index in [1.165, 1.54) is 0 Å². The van der Waals surface area contributed by atoms with Crippen LogP contribution in [0.5, 0.6) is 0 Å². The third-order valence-electron chi connectivity index (χ3n) is 1.51. The number of H-pyrrole nitrogens is 1. The number of hydrogen-bond acceptors (Lipinski definition) is 1. The summed E-state index contributed by atoms with van der Waals surface area (Å²) in [7, 11) is 0. The Balaban J connectivity index is 3.23. The van der Waals surface area contributed by atoms with Gasteiger partial charge in [-0.3, -0.25) is 4.79 Å². The Labute approximate surface area is 91.6 Å². The SMILES string of the molecule is O=c1[nH]cc(C#CCBr)cc1C(F)(F)F. The number of rotatable bonds is 0. The maximum Gasteiger partial charge on any atom is 0.421 e. The van der Waals surface area contributed by atoms with Crippen molar-refractivity contribution in [2.75, 3.05) is 5.33 Å².